The van der Waals surface area contributed by atoms with Crippen molar-refractivity contribution in [3.05, 3.63) is 0 Å². The molecule has 2 aliphatic heterocycles. The van der Waals surface area contributed by atoms with Crippen molar-refractivity contribution in [3.63, 3.8) is 0 Å². The number of halogens is 2. The Balaban J connectivity index is 0.00000242. The number of ether oxygens (including phenoxy) is 1. The molecule has 2 unspecified atom stereocenters. The van der Waals surface area contributed by atoms with Crippen LogP contribution in [0.5, 0.6) is 0 Å². The number of nitrogens with one attached hydrogen (secondary N) is 1. The largest absolute Gasteiger partial charge is 0.383 e. The monoisotopic (exact) mass is 387 g/mol. The molecule has 0 radical (unpaired) electrons. The number of hydrogen-bond acceptors (Lipinski definition) is 5. The van der Waals surface area contributed by atoms with Crippen molar-refractivity contribution in [2.24, 2.45) is 0 Å². The van der Waals surface area contributed by atoms with Crippen LogP contribution < -0.4 is 5.32 Å². The van der Waals surface area contributed by atoms with E-state index >= 15 is 0 Å². The van der Waals surface area contributed by atoms with Crippen molar-refractivity contribution < 1.29 is 9.53 Å². The Kier molecular flexibility index (Phi) is 12.8. The van der Waals surface area contributed by atoms with E-state index in [1.807, 2.05) is 11.8 Å². The van der Waals surface area contributed by atoms with Gasteiger partial charge in [-0.3, -0.25) is 9.69 Å². The molecule has 2 atom stereocenters. The third-order valence-electron chi connectivity index (χ3n) is 4.43. The molecule has 1 amide bonds. The number of thioether (sulfide) groups is 1. The van der Waals surface area contributed by atoms with Gasteiger partial charge in [-0.15, -0.1) is 24.8 Å². The van der Waals surface area contributed by atoms with Gasteiger partial charge in [0.2, 0.25) is 5.91 Å². The van der Waals surface area contributed by atoms with Crippen LogP contribution in [0.1, 0.15) is 19.8 Å². The number of hydrogen-bond donors (Lipinski definition) is 1. The molecular formula is C15H31Cl2N3O2S. The maximum atomic E-state index is 12.5. The second kappa shape index (κ2) is 12.6. The van der Waals surface area contributed by atoms with Gasteiger partial charge in [0.05, 0.1) is 6.61 Å². The number of nitrogens with zero attached hydrogens (tertiary/aromatic N) is 2. The fraction of sp³-hybridized carbons (Fsp3) is 0.933. The predicted octanol–water partition coefficient (Wildman–Crippen LogP) is 1.49. The van der Waals surface area contributed by atoms with E-state index in [4.69, 9.17) is 4.74 Å². The Labute approximate surface area is 157 Å². The molecule has 5 nitrogen and oxygen atoms in total. The summed E-state index contributed by atoms with van der Waals surface area (Å²) in [5, 5.41) is 3.46. The average Bonchev–Trinajstić information content (AvgIpc) is 2.53. The van der Waals surface area contributed by atoms with Crippen molar-refractivity contribution in [1.82, 2.24) is 15.1 Å². The third kappa shape index (κ3) is 7.36. The van der Waals surface area contributed by atoms with Crippen LogP contribution in [0.4, 0.5) is 0 Å². The van der Waals surface area contributed by atoms with Gasteiger partial charge in [-0.2, -0.15) is 11.8 Å². The van der Waals surface area contributed by atoms with Crippen molar-refractivity contribution in [3.8, 4) is 0 Å². The van der Waals surface area contributed by atoms with Crippen LogP contribution in [0, 0.1) is 0 Å². The van der Waals surface area contributed by atoms with Gasteiger partial charge in [-0.25, -0.2) is 0 Å². The van der Waals surface area contributed by atoms with Gasteiger partial charge in [-0.1, -0.05) is 6.92 Å². The van der Waals surface area contributed by atoms with Gasteiger partial charge < -0.3 is 15.0 Å². The fourth-order valence-electron chi connectivity index (χ4n) is 3.10. The van der Waals surface area contributed by atoms with Gasteiger partial charge in [0.25, 0.3) is 0 Å². The molecule has 0 saturated carbocycles. The van der Waals surface area contributed by atoms with Crippen molar-refractivity contribution in [2.75, 3.05) is 57.9 Å². The quantitative estimate of drug-likeness (QED) is 0.747. The van der Waals surface area contributed by atoms with Crippen LogP contribution >= 0.6 is 36.6 Å². The zero-order valence-electron chi connectivity index (χ0n) is 14.2. The van der Waals surface area contributed by atoms with Gasteiger partial charge in [0.15, 0.2) is 0 Å². The molecule has 2 rings (SSSR count). The predicted molar refractivity (Wildman–Crippen MR) is 102 cm³/mol. The van der Waals surface area contributed by atoms with Crippen LogP contribution in [0.3, 0.4) is 0 Å². The first-order valence-electron chi connectivity index (χ1n) is 8.06. The lowest BCUT2D eigenvalue weighted by molar-refractivity contribution is -0.134. The summed E-state index contributed by atoms with van der Waals surface area (Å²) < 4.78 is 5.18. The molecule has 0 aromatic rings. The molecule has 0 spiro atoms. The highest BCUT2D eigenvalue weighted by atomic mass is 35.5. The van der Waals surface area contributed by atoms with Crippen LogP contribution in [0.25, 0.3) is 0 Å². The van der Waals surface area contributed by atoms with E-state index in [9.17, 15) is 4.79 Å². The molecule has 2 heterocycles. The molecular weight excluding hydrogens is 357 g/mol. The van der Waals surface area contributed by atoms with E-state index in [-0.39, 0.29) is 24.8 Å². The highest BCUT2D eigenvalue weighted by Crippen LogP contribution is 2.16. The molecule has 0 aliphatic carbocycles. The van der Waals surface area contributed by atoms with Crippen LogP contribution in [-0.2, 0) is 9.53 Å². The number of rotatable bonds is 6. The van der Waals surface area contributed by atoms with Crippen molar-refractivity contribution in [2.45, 2.75) is 31.8 Å². The average molecular weight is 388 g/mol. The maximum Gasteiger partial charge on any atom is 0.224 e. The number of amides is 1. The Morgan fingerprint density at radius 3 is 2.74 bits per heavy atom. The molecule has 138 valence electrons. The van der Waals surface area contributed by atoms with Crippen molar-refractivity contribution >= 4 is 42.5 Å². The van der Waals surface area contributed by atoms with Gasteiger partial charge in [0.1, 0.15) is 0 Å². The Bertz CT molecular complexity index is 334. The molecule has 1 N–H and O–H groups in total. The Morgan fingerprint density at radius 2 is 2.13 bits per heavy atom. The summed E-state index contributed by atoms with van der Waals surface area (Å²) in [4.78, 5) is 17.0. The summed E-state index contributed by atoms with van der Waals surface area (Å²) >= 11 is 1.95. The summed E-state index contributed by atoms with van der Waals surface area (Å²) in [7, 11) is 1.75. The van der Waals surface area contributed by atoms with E-state index in [0.717, 1.165) is 51.5 Å². The lowest BCUT2D eigenvalue weighted by Gasteiger charge is -2.41. The topological polar surface area (TPSA) is 44.8 Å². The Hall–Kier alpha value is 0.280. The normalized spacial score (nSPS) is 25.4. The van der Waals surface area contributed by atoms with Gasteiger partial charge >= 0.3 is 0 Å². The lowest BCUT2D eigenvalue weighted by Crippen LogP contribution is -2.56. The van der Waals surface area contributed by atoms with E-state index in [0.29, 0.717) is 24.4 Å². The first-order chi connectivity index (χ1) is 10.2. The van der Waals surface area contributed by atoms with Gasteiger partial charge in [-0.05, 0) is 6.42 Å². The number of carbonyl (C=O) groups is 1. The first kappa shape index (κ1) is 23.3. The highest BCUT2D eigenvalue weighted by molar-refractivity contribution is 7.99. The lowest BCUT2D eigenvalue weighted by atomic mass is 10.1. The molecule has 2 saturated heterocycles. The summed E-state index contributed by atoms with van der Waals surface area (Å²) in [6.07, 6.45) is 1.74. The maximum absolute atomic E-state index is 12.5. The molecule has 2 aliphatic rings. The van der Waals surface area contributed by atoms with E-state index in [1.165, 1.54) is 5.75 Å². The van der Waals surface area contributed by atoms with Gasteiger partial charge in [0, 0.05) is 69.8 Å². The van der Waals surface area contributed by atoms with E-state index in [1.54, 1.807) is 7.11 Å². The van der Waals surface area contributed by atoms with Crippen LogP contribution in [-0.4, -0.2) is 85.7 Å². The fourth-order valence-corrected chi connectivity index (χ4v) is 4.05. The molecule has 0 aromatic heterocycles. The minimum Gasteiger partial charge on any atom is -0.383 e. The Morgan fingerprint density at radius 1 is 1.35 bits per heavy atom. The second-order valence-corrected chi connectivity index (χ2v) is 7.01. The molecule has 8 heteroatoms. The van der Waals surface area contributed by atoms with E-state index < -0.39 is 0 Å². The van der Waals surface area contributed by atoms with Crippen molar-refractivity contribution in [1.29, 1.82) is 0 Å². The van der Waals surface area contributed by atoms with Crippen LogP contribution in [0.15, 0.2) is 0 Å². The van der Waals surface area contributed by atoms with Crippen LogP contribution in [0.2, 0.25) is 0 Å². The minimum atomic E-state index is 0. The minimum absolute atomic E-state index is 0. The summed E-state index contributed by atoms with van der Waals surface area (Å²) in [5.74, 6) is 2.55. The molecule has 0 aromatic carbocycles. The van der Waals surface area contributed by atoms with E-state index in [2.05, 4.69) is 22.0 Å². The smallest absolute Gasteiger partial charge is 0.224 e. The highest BCUT2D eigenvalue weighted by Gasteiger charge is 2.29. The summed E-state index contributed by atoms with van der Waals surface area (Å²) in [6.45, 7) is 7.69. The summed E-state index contributed by atoms with van der Waals surface area (Å²) in [5.41, 5.74) is 0. The zero-order valence-corrected chi connectivity index (χ0v) is 16.6. The SMILES string of the molecule is CCC1CN(C(=O)CC2CSCCN2)CCN1CCOC.Cl.Cl. The number of methoxy groups -OCH3 is 1. The molecule has 23 heavy (non-hydrogen) atoms. The first-order valence-corrected chi connectivity index (χ1v) is 9.22. The standard InChI is InChI=1S/C15H29N3O2S.2ClH/c1-3-14-11-18(6-5-17(14)7-8-20-2)15(19)10-13-12-21-9-4-16-13;;/h13-14,16H,3-12H2,1-2H3;2*1H. The number of piperazine rings is 1. The number of carbonyl (C=O) groups excluding carboxylic acids is 1. The molecule has 2 fully saturated rings. The third-order valence-corrected chi connectivity index (χ3v) is 5.56. The zero-order chi connectivity index (χ0) is 15.1. The molecule has 0 bridgehead atoms. The summed E-state index contributed by atoms with van der Waals surface area (Å²) in [6, 6.07) is 0.842. The second-order valence-electron chi connectivity index (χ2n) is 5.86.